The van der Waals surface area contributed by atoms with Crippen LogP contribution in [0.4, 0.5) is 0 Å². The second kappa shape index (κ2) is 8.77. The Kier molecular flexibility index (Phi) is 7.72. The second-order valence-electron chi connectivity index (χ2n) is 6.44. The van der Waals surface area contributed by atoms with Crippen molar-refractivity contribution in [3.63, 3.8) is 0 Å². The Morgan fingerprint density at radius 1 is 1.29 bits per heavy atom. The summed E-state index contributed by atoms with van der Waals surface area (Å²) in [6.45, 7) is 11.2. The highest BCUT2D eigenvalue weighted by Crippen LogP contribution is 2.23. The van der Waals surface area contributed by atoms with Gasteiger partial charge in [-0.25, -0.2) is 0 Å². The lowest BCUT2D eigenvalue weighted by atomic mass is 9.98. The van der Waals surface area contributed by atoms with E-state index in [2.05, 4.69) is 57.1 Å². The summed E-state index contributed by atoms with van der Waals surface area (Å²) >= 11 is 6.14. The molecule has 0 heterocycles. The fraction of sp³-hybridized carbons (Fsp3) is 0.667. The highest BCUT2D eigenvalue weighted by Gasteiger charge is 2.22. The van der Waals surface area contributed by atoms with Gasteiger partial charge in [-0.1, -0.05) is 37.6 Å². The molecule has 120 valence electrons. The third-order valence-electron chi connectivity index (χ3n) is 4.54. The molecule has 0 aliphatic rings. The molecule has 0 spiro atoms. The fourth-order valence-corrected chi connectivity index (χ4v) is 2.52. The molecule has 1 aromatic carbocycles. The lowest BCUT2D eigenvalue weighted by Gasteiger charge is -2.36. The van der Waals surface area contributed by atoms with Crippen molar-refractivity contribution in [1.29, 1.82) is 0 Å². The summed E-state index contributed by atoms with van der Waals surface area (Å²) < 4.78 is 0. The van der Waals surface area contributed by atoms with Crippen LogP contribution in [0.25, 0.3) is 0 Å². The molecule has 3 heteroatoms. The van der Waals surface area contributed by atoms with Crippen LogP contribution < -0.4 is 5.32 Å². The van der Waals surface area contributed by atoms with Gasteiger partial charge in [0.1, 0.15) is 0 Å². The van der Waals surface area contributed by atoms with Gasteiger partial charge < -0.3 is 10.2 Å². The minimum atomic E-state index is 0.254. The molecule has 1 unspecified atom stereocenters. The van der Waals surface area contributed by atoms with E-state index in [-0.39, 0.29) is 5.54 Å². The third-order valence-corrected chi connectivity index (χ3v) is 4.78. The van der Waals surface area contributed by atoms with Crippen molar-refractivity contribution >= 4 is 11.6 Å². The number of hydrogen-bond donors (Lipinski definition) is 1. The van der Waals surface area contributed by atoms with Crippen LogP contribution in [0.3, 0.4) is 0 Å². The first kappa shape index (κ1) is 18.5. The maximum atomic E-state index is 6.14. The van der Waals surface area contributed by atoms with E-state index in [4.69, 9.17) is 11.6 Å². The van der Waals surface area contributed by atoms with Gasteiger partial charge in [-0.2, -0.15) is 0 Å². The van der Waals surface area contributed by atoms with E-state index < -0.39 is 0 Å². The monoisotopic (exact) mass is 310 g/mol. The van der Waals surface area contributed by atoms with E-state index in [1.54, 1.807) is 0 Å². The molecule has 1 aromatic rings. The molecule has 1 atom stereocenters. The molecule has 0 saturated heterocycles. The van der Waals surface area contributed by atoms with E-state index in [1.165, 1.54) is 5.56 Å². The van der Waals surface area contributed by atoms with E-state index >= 15 is 0 Å². The lowest BCUT2D eigenvalue weighted by Crippen LogP contribution is -2.42. The number of nitrogens with zero attached hydrogens (tertiary/aromatic N) is 1. The number of benzene rings is 1. The average Bonchev–Trinajstić information content (AvgIpc) is 2.47. The van der Waals surface area contributed by atoms with Gasteiger partial charge in [0.2, 0.25) is 0 Å². The maximum Gasteiger partial charge on any atom is 0.0409 e. The number of halogens is 1. The van der Waals surface area contributed by atoms with Crippen molar-refractivity contribution in [2.45, 2.75) is 58.5 Å². The SMILES string of the molecule is CCCNC(CCN(C)C(C)(C)CC)c1cccc(Cl)c1. The van der Waals surface area contributed by atoms with Crippen molar-refractivity contribution in [1.82, 2.24) is 10.2 Å². The van der Waals surface area contributed by atoms with Gasteiger partial charge >= 0.3 is 0 Å². The van der Waals surface area contributed by atoms with Gasteiger partial charge in [-0.3, -0.25) is 0 Å². The summed E-state index contributed by atoms with van der Waals surface area (Å²) in [6, 6.07) is 8.61. The molecule has 0 saturated carbocycles. The van der Waals surface area contributed by atoms with Crippen LogP contribution in [-0.4, -0.2) is 30.6 Å². The minimum Gasteiger partial charge on any atom is -0.310 e. The first-order chi connectivity index (χ1) is 9.90. The Labute approximate surface area is 135 Å². The Hall–Kier alpha value is -0.570. The molecular formula is C18H31ClN2. The van der Waals surface area contributed by atoms with Crippen molar-refractivity contribution < 1.29 is 0 Å². The van der Waals surface area contributed by atoms with Crippen molar-refractivity contribution in [2.75, 3.05) is 20.1 Å². The summed E-state index contributed by atoms with van der Waals surface area (Å²) in [5, 5.41) is 4.47. The van der Waals surface area contributed by atoms with Crippen molar-refractivity contribution in [3.05, 3.63) is 34.9 Å². The molecular weight excluding hydrogens is 280 g/mol. The highest BCUT2D eigenvalue weighted by molar-refractivity contribution is 6.30. The molecule has 1 rings (SSSR count). The van der Waals surface area contributed by atoms with Crippen molar-refractivity contribution in [2.24, 2.45) is 0 Å². The van der Waals surface area contributed by atoms with Crippen LogP contribution in [0.5, 0.6) is 0 Å². The predicted molar refractivity (Wildman–Crippen MR) is 94.1 cm³/mol. The molecule has 0 amide bonds. The molecule has 0 aliphatic heterocycles. The third kappa shape index (κ3) is 5.98. The number of rotatable bonds is 9. The van der Waals surface area contributed by atoms with Gasteiger partial charge in [-0.15, -0.1) is 0 Å². The first-order valence-electron chi connectivity index (χ1n) is 8.10. The Morgan fingerprint density at radius 3 is 2.57 bits per heavy atom. The molecule has 0 aliphatic carbocycles. The standard InChI is InChI=1S/C18H31ClN2/c1-6-12-20-17(15-9-8-10-16(19)14-15)11-13-21(5)18(3,4)7-2/h8-10,14,17,20H,6-7,11-13H2,1-5H3. The first-order valence-corrected chi connectivity index (χ1v) is 8.48. The Morgan fingerprint density at radius 2 is 2.00 bits per heavy atom. The van der Waals surface area contributed by atoms with Crippen LogP contribution in [0.1, 0.15) is 58.6 Å². The smallest absolute Gasteiger partial charge is 0.0409 e. The summed E-state index contributed by atoms with van der Waals surface area (Å²) in [5.74, 6) is 0. The zero-order valence-electron chi connectivity index (χ0n) is 14.2. The molecule has 2 nitrogen and oxygen atoms in total. The highest BCUT2D eigenvalue weighted by atomic mass is 35.5. The number of nitrogens with one attached hydrogen (secondary N) is 1. The fourth-order valence-electron chi connectivity index (χ4n) is 2.32. The minimum absolute atomic E-state index is 0.254. The summed E-state index contributed by atoms with van der Waals surface area (Å²) in [7, 11) is 2.22. The zero-order chi connectivity index (χ0) is 15.9. The van der Waals surface area contributed by atoms with Crippen LogP contribution >= 0.6 is 11.6 Å². The van der Waals surface area contributed by atoms with E-state index in [0.717, 1.165) is 37.4 Å². The van der Waals surface area contributed by atoms with Crippen molar-refractivity contribution in [3.8, 4) is 0 Å². The van der Waals surface area contributed by atoms with Gasteiger partial charge in [0.15, 0.2) is 0 Å². The topological polar surface area (TPSA) is 15.3 Å². The largest absolute Gasteiger partial charge is 0.310 e. The maximum absolute atomic E-state index is 6.14. The van der Waals surface area contributed by atoms with Crippen LogP contribution in [0.2, 0.25) is 5.02 Å². The van der Waals surface area contributed by atoms with E-state index in [1.807, 2.05) is 12.1 Å². The molecule has 0 aromatic heterocycles. The van der Waals surface area contributed by atoms with Gasteiger partial charge in [0.05, 0.1) is 0 Å². The van der Waals surface area contributed by atoms with Crippen LogP contribution in [0, 0.1) is 0 Å². The van der Waals surface area contributed by atoms with Gasteiger partial charge in [-0.05, 0) is 64.4 Å². The molecule has 0 radical (unpaired) electrons. The normalized spacial score (nSPS) is 13.7. The molecule has 0 bridgehead atoms. The predicted octanol–water partition coefficient (Wildman–Crippen LogP) is 4.89. The Balaban J connectivity index is 2.71. The van der Waals surface area contributed by atoms with Crippen LogP contribution in [-0.2, 0) is 0 Å². The van der Waals surface area contributed by atoms with Gasteiger partial charge in [0, 0.05) is 23.1 Å². The summed E-state index contributed by atoms with van der Waals surface area (Å²) in [4.78, 5) is 2.46. The zero-order valence-corrected chi connectivity index (χ0v) is 15.0. The second-order valence-corrected chi connectivity index (χ2v) is 6.87. The lowest BCUT2D eigenvalue weighted by molar-refractivity contribution is 0.144. The molecule has 1 N–H and O–H groups in total. The van der Waals surface area contributed by atoms with E-state index in [9.17, 15) is 0 Å². The van der Waals surface area contributed by atoms with Gasteiger partial charge in [0.25, 0.3) is 0 Å². The molecule has 21 heavy (non-hydrogen) atoms. The summed E-state index contributed by atoms with van der Waals surface area (Å²) in [6.07, 6.45) is 3.40. The average molecular weight is 311 g/mol. The molecule has 0 fully saturated rings. The van der Waals surface area contributed by atoms with E-state index in [0.29, 0.717) is 6.04 Å². The van der Waals surface area contributed by atoms with Crippen LogP contribution in [0.15, 0.2) is 24.3 Å². The quantitative estimate of drug-likeness (QED) is 0.698. The Bertz CT molecular complexity index is 417. The summed E-state index contributed by atoms with van der Waals surface area (Å²) in [5.41, 5.74) is 1.54. The number of hydrogen-bond acceptors (Lipinski definition) is 2.